The fourth-order valence-corrected chi connectivity index (χ4v) is 5.09. The number of aliphatic hydroxyl groups excluding tert-OH is 1. The molecule has 0 amide bonds. The second-order valence-corrected chi connectivity index (χ2v) is 8.40. The van der Waals surface area contributed by atoms with Crippen LogP contribution in [0.15, 0.2) is 42.5 Å². The first-order chi connectivity index (χ1) is 12.6. The third-order valence-electron chi connectivity index (χ3n) is 5.42. The number of hydrogen-bond acceptors (Lipinski definition) is 4. The number of ether oxygens (including phenoxy) is 1. The normalized spacial score (nSPS) is 28.7. The lowest BCUT2D eigenvalue weighted by atomic mass is 9.77. The van der Waals surface area contributed by atoms with Crippen molar-refractivity contribution >= 4 is 17.7 Å². The molecule has 1 aromatic carbocycles. The van der Waals surface area contributed by atoms with E-state index in [1.54, 1.807) is 0 Å². The number of carboxylic acids is 1. The zero-order chi connectivity index (χ0) is 18.4. The number of carboxylic acid groups (broad SMARTS) is 1. The van der Waals surface area contributed by atoms with Crippen LogP contribution in [-0.4, -0.2) is 39.9 Å². The van der Waals surface area contributed by atoms with Crippen molar-refractivity contribution < 1.29 is 19.7 Å². The lowest BCUT2D eigenvalue weighted by Gasteiger charge is -2.25. The van der Waals surface area contributed by atoms with Gasteiger partial charge in [0.25, 0.3) is 0 Å². The van der Waals surface area contributed by atoms with Crippen molar-refractivity contribution in [1.82, 2.24) is 0 Å². The van der Waals surface area contributed by atoms with Crippen LogP contribution in [0, 0.1) is 11.8 Å². The second-order valence-electron chi connectivity index (χ2n) is 7.17. The van der Waals surface area contributed by atoms with Gasteiger partial charge in [-0.3, -0.25) is 4.79 Å². The molecule has 0 aliphatic carbocycles. The van der Waals surface area contributed by atoms with Crippen molar-refractivity contribution in [3.63, 3.8) is 0 Å². The van der Waals surface area contributed by atoms with Crippen LogP contribution < -0.4 is 0 Å². The van der Waals surface area contributed by atoms with E-state index in [1.807, 2.05) is 48.2 Å². The molecule has 3 rings (SSSR count). The van der Waals surface area contributed by atoms with Crippen molar-refractivity contribution in [2.45, 2.75) is 50.4 Å². The van der Waals surface area contributed by atoms with Gasteiger partial charge in [-0.05, 0) is 48.7 Å². The Bertz CT molecular complexity index is 603. The summed E-state index contributed by atoms with van der Waals surface area (Å²) in [4.78, 5) is 10.5. The summed E-state index contributed by atoms with van der Waals surface area (Å²) in [5.74, 6) is 2.13. The molecule has 2 fully saturated rings. The molecule has 4 nitrogen and oxygen atoms in total. The van der Waals surface area contributed by atoms with Gasteiger partial charge in [-0.1, -0.05) is 42.5 Å². The van der Waals surface area contributed by atoms with Gasteiger partial charge in [-0.15, -0.1) is 0 Å². The number of rotatable bonds is 10. The van der Waals surface area contributed by atoms with Crippen molar-refractivity contribution in [3.05, 3.63) is 48.0 Å². The van der Waals surface area contributed by atoms with Crippen LogP contribution in [0.4, 0.5) is 0 Å². The molecule has 2 aliphatic heterocycles. The zero-order valence-corrected chi connectivity index (χ0v) is 15.8. The molecule has 0 spiro atoms. The molecule has 5 atom stereocenters. The van der Waals surface area contributed by atoms with Gasteiger partial charge in [0.2, 0.25) is 0 Å². The Balaban J connectivity index is 1.49. The summed E-state index contributed by atoms with van der Waals surface area (Å²) in [6.45, 7) is 0. The van der Waals surface area contributed by atoms with Gasteiger partial charge in [0.05, 0.1) is 18.3 Å². The third kappa shape index (κ3) is 5.12. The highest BCUT2D eigenvalue weighted by atomic mass is 32.2. The van der Waals surface area contributed by atoms with Gasteiger partial charge in [0.15, 0.2) is 0 Å². The smallest absolute Gasteiger partial charge is 0.303 e. The molecular formula is C21H28O4S. The van der Waals surface area contributed by atoms with Crippen LogP contribution in [0.1, 0.15) is 43.8 Å². The van der Waals surface area contributed by atoms with Crippen molar-refractivity contribution in [1.29, 1.82) is 0 Å². The number of fused-ring (bicyclic) bond motifs is 2. The molecule has 1 aromatic rings. The van der Waals surface area contributed by atoms with Crippen LogP contribution >= 0.6 is 11.8 Å². The average molecular weight is 377 g/mol. The minimum atomic E-state index is -0.714. The summed E-state index contributed by atoms with van der Waals surface area (Å²) < 4.78 is 6.13. The Hall–Kier alpha value is -1.30. The first-order valence-electron chi connectivity index (χ1n) is 9.51. The van der Waals surface area contributed by atoms with E-state index in [0.717, 1.165) is 42.8 Å². The molecule has 0 aromatic heterocycles. The highest BCUT2D eigenvalue weighted by molar-refractivity contribution is 7.99. The van der Waals surface area contributed by atoms with E-state index in [-0.39, 0.29) is 6.42 Å². The Morgan fingerprint density at radius 2 is 2.00 bits per heavy atom. The van der Waals surface area contributed by atoms with Gasteiger partial charge in [0.1, 0.15) is 0 Å². The van der Waals surface area contributed by atoms with E-state index in [1.165, 1.54) is 0 Å². The monoisotopic (exact) mass is 376 g/mol. The maximum Gasteiger partial charge on any atom is 0.303 e. The third-order valence-corrected chi connectivity index (χ3v) is 6.52. The van der Waals surface area contributed by atoms with E-state index in [9.17, 15) is 9.90 Å². The van der Waals surface area contributed by atoms with Crippen LogP contribution in [0.25, 0.3) is 0 Å². The molecule has 2 N–H and O–H groups in total. The van der Waals surface area contributed by atoms with E-state index >= 15 is 0 Å². The van der Waals surface area contributed by atoms with E-state index < -0.39 is 12.1 Å². The molecule has 142 valence electrons. The molecule has 2 heterocycles. The largest absolute Gasteiger partial charge is 0.481 e. The number of thioether (sulfide) groups is 1. The molecule has 2 bridgehead atoms. The van der Waals surface area contributed by atoms with Crippen LogP contribution in [-0.2, 0) is 9.53 Å². The fraction of sp³-hybridized carbons (Fsp3) is 0.571. The van der Waals surface area contributed by atoms with Crippen molar-refractivity contribution in [2.75, 3.05) is 11.5 Å². The highest BCUT2D eigenvalue weighted by Gasteiger charge is 2.47. The SMILES string of the molecule is O=C(O)CCCSCC[C@@H]1[C@H](/C=C/C(O)c2ccccc2)[C@@H]2CC[C@H]1O2. The minimum Gasteiger partial charge on any atom is -0.481 e. The molecule has 26 heavy (non-hydrogen) atoms. The number of aliphatic carboxylic acids is 1. The summed E-state index contributed by atoms with van der Waals surface area (Å²) >= 11 is 1.84. The van der Waals surface area contributed by atoms with Crippen LogP contribution in [0.3, 0.4) is 0 Å². The van der Waals surface area contributed by atoms with Gasteiger partial charge < -0.3 is 14.9 Å². The first-order valence-corrected chi connectivity index (χ1v) is 10.7. The number of aliphatic hydroxyl groups is 1. The zero-order valence-electron chi connectivity index (χ0n) is 15.0. The average Bonchev–Trinajstić information content (AvgIpc) is 3.24. The van der Waals surface area contributed by atoms with Crippen LogP contribution in [0.2, 0.25) is 0 Å². The molecule has 0 radical (unpaired) electrons. The molecular weight excluding hydrogens is 348 g/mol. The Morgan fingerprint density at radius 1 is 1.23 bits per heavy atom. The predicted octanol–water partition coefficient (Wildman–Crippen LogP) is 4.06. The summed E-state index contributed by atoms with van der Waals surface area (Å²) in [5.41, 5.74) is 0.915. The summed E-state index contributed by atoms with van der Waals surface area (Å²) in [6.07, 6.45) is 8.50. The summed E-state index contributed by atoms with van der Waals surface area (Å²) in [6, 6.07) is 9.72. The lowest BCUT2D eigenvalue weighted by Crippen LogP contribution is -2.26. The van der Waals surface area contributed by atoms with E-state index in [0.29, 0.717) is 24.0 Å². The maximum atomic E-state index is 10.5. The van der Waals surface area contributed by atoms with Gasteiger partial charge in [-0.25, -0.2) is 0 Å². The van der Waals surface area contributed by atoms with E-state index in [4.69, 9.17) is 9.84 Å². The predicted molar refractivity (Wildman–Crippen MR) is 104 cm³/mol. The Morgan fingerprint density at radius 3 is 2.77 bits per heavy atom. The molecule has 1 unspecified atom stereocenters. The van der Waals surface area contributed by atoms with E-state index in [2.05, 4.69) is 6.08 Å². The number of benzene rings is 1. The summed E-state index contributed by atoms with van der Waals surface area (Å²) in [7, 11) is 0. The molecule has 0 saturated carbocycles. The second kappa shape index (κ2) is 9.58. The first kappa shape index (κ1) is 19.5. The van der Waals surface area contributed by atoms with Gasteiger partial charge in [-0.2, -0.15) is 11.8 Å². The molecule has 2 saturated heterocycles. The van der Waals surface area contributed by atoms with Crippen molar-refractivity contribution in [3.8, 4) is 0 Å². The maximum absolute atomic E-state index is 10.5. The topological polar surface area (TPSA) is 66.8 Å². The highest BCUT2D eigenvalue weighted by Crippen LogP contribution is 2.46. The standard InChI is InChI=1S/C21H28O4S/c22-18(15-5-2-1-3-6-15)9-8-16-17(20-11-10-19(16)25-20)12-14-26-13-4-7-21(23)24/h1-3,5-6,8-9,16-20,22H,4,7,10-14H2,(H,23,24)/b9-8+/t16-,17+,18?,19-,20+/m0/s1. The fourth-order valence-electron chi connectivity index (χ4n) is 4.10. The van der Waals surface area contributed by atoms with Gasteiger partial charge >= 0.3 is 5.97 Å². The number of hydrogen-bond donors (Lipinski definition) is 2. The molecule has 2 aliphatic rings. The van der Waals surface area contributed by atoms with Crippen molar-refractivity contribution in [2.24, 2.45) is 11.8 Å². The summed E-state index contributed by atoms with van der Waals surface area (Å²) in [5, 5.41) is 19.1. The Kier molecular flexibility index (Phi) is 7.17. The Labute approximate surface area is 159 Å². The minimum absolute atomic E-state index is 0.257. The lowest BCUT2D eigenvalue weighted by molar-refractivity contribution is -0.137. The van der Waals surface area contributed by atoms with Gasteiger partial charge in [0, 0.05) is 12.3 Å². The number of carbonyl (C=O) groups is 1. The van der Waals surface area contributed by atoms with Crippen LogP contribution in [0.5, 0.6) is 0 Å². The molecule has 5 heteroatoms. The quantitative estimate of drug-likeness (QED) is 0.476.